The van der Waals surface area contributed by atoms with Crippen LogP contribution in [-0.4, -0.2) is 53.1 Å². The van der Waals surface area contributed by atoms with E-state index in [2.05, 4.69) is 0 Å². The SMILES string of the molecule is CC(O)OC(C)OOP(OOC(C)OC(C)O)OOC(C)OC(C)O. The van der Waals surface area contributed by atoms with Gasteiger partial charge in [-0.25, -0.2) is 0 Å². The van der Waals surface area contributed by atoms with Crippen molar-refractivity contribution in [2.45, 2.75) is 79.3 Å². The van der Waals surface area contributed by atoms with Crippen LogP contribution in [0.25, 0.3) is 0 Å². The zero-order valence-electron chi connectivity index (χ0n) is 14.9. The third-order valence-electron chi connectivity index (χ3n) is 1.88. The molecule has 0 radical (unpaired) electrons. The number of ether oxygens (including phenoxy) is 3. The molecule has 0 rings (SSSR count). The minimum absolute atomic E-state index is 0.963. The number of hydrogen-bond donors (Lipinski definition) is 3. The van der Waals surface area contributed by atoms with Crippen LogP contribution in [-0.2, 0) is 42.9 Å². The Morgan fingerprint density at radius 2 is 0.760 bits per heavy atom. The highest BCUT2D eigenvalue weighted by atomic mass is 31.2. The predicted octanol–water partition coefficient (Wildman–Crippen LogP) is 1.16. The van der Waals surface area contributed by atoms with Crippen LogP contribution in [0.5, 0.6) is 0 Å². The maximum atomic E-state index is 9.06. The van der Waals surface area contributed by atoms with Gasteiger partial charge in [0.25, 0.3) is 0 Å². The molecule has 3 N–H and O–H groups in total. The van der Waals surface area contributed by atoms with Crippen molar-refractivity contribution in [3.63, 3.8) is 0 Å². The largest absolute Gasteiger partial charge is 0.421 e. The summed E-state index contributed by atoms with van der Waals surface area (Å²) >= 11 is 0. The second-order valence-electron chi connectivity index (χ2n) is 4.64. The van der Waals surface area contributed by atoms with E-state index in [1.54, 1.807) is 0 Å². The van der Waals surface area contributed by atoms with E-state index in [1.807, 2.05) is 0 Å². The highest BCUT2D eigenvalue weighted by Crippen LogP contribution is 2.41. The van der Waals surface area contributed by atoms with Crippen molar-refractivity contribution in [2.75, 3.05) is 0 Å². The maximum absolute atomic E-state index is 9.06. The molecule has 0 saturated carbocycles. The summed E-state index contributed by atoms with van der Waals surface area (Å²) in [4.78, 5) is 14.4. The van der Waals surface area contributed by atoms with Gasteiger partial charge >= 0.3 is 8.60 Å². The van der Waals surface area contributed by atoms with Crippen molar-refractivity contribution < 1.29 is 58.2 Å². The van der Waals surface area contributed by atoms with Gasteiger partial charge in [-0.15, -0.1) is 14.0 Å². The lowest BCUT2D eigenvalue weighted by Gasteiger charge is -2.21. The zero-order chi connectivity index (χ0) is 19.4. The summed E-state index contributed by atoms with van der Waals surface area (Å²) in [5.41, 5.74) is 0. The molecule has 6 atom stereocenters. The van der Waals surface area contributed by atoms with E-state index in [1.165, 1.54) is 41.5 Å². The topological polar surface area (TPSA) is 144 Å². The first-order chi connectivity index (χ1) is 11.6. The molecule has 0 amide bonds. The Bertz CT molecular complexity index is 271. The molecule has 13 heteroatoms. The molecule has 25 heavy (non-hydrogen) atoms. The van der Waals surface area contributed by atoms with E-state index in [-0.39, 0.29) is 0 Å². The summed E-state index contributed by atoms with van der Waals surface area (Å²) in [6.07, 6.45) is -6.15. The van der Waals surface area contributed by atoms with Crippen LogP contribution >= 0.6 is 8.60 Å². The van der Waals surface area contributed by atoms with E-state index in [9.17, 15) is 0 Å². The Morgan fingerprint density at radius 1 is 0.520 bits per heavy atom. The summed E-state index contributed by atoms with van der Waals surface area (Å²) in [5.74, 6) is 0. The smallest absolute Gasteiger partial charge is 0.368 e. The van der Waals surface area contributed by atoms with Crippen LogP contribution < -0.4 is 0 Å². The van der Waals surface area contributed by atoms with Gasteiger partial charge in [-0.1, -0.05) is 0 Å². The molecule has 6 unspecified atom stereocenters. The van der Waals surface area contributed by atoms with Gasteiger partial charge in [0, 0.05) is 0 Å². The highest BCUT2D eigenvalue weighted by molar-refractivity contribution is 7.41. The molecule has 0 aliphatic carbocycles. The Hall–Kier alpha value is -0.0500. The van der Waals surface area contributed by atoms with Crippen LogP contribution in [0.4, 0.5) is 0 Å². The van der Waals surface area contributed by atoms with Gasteiger partial charge in [-0.05, 0) is 41.5 Å². The molecule has 152 valence electrons. The van der Waals surface area contributed by atoms with Crippen LogP contribution in [0.2, 0.25) is 0 Å². The van der Waals surface area contributed by atoms with Gasteiger partial charge in [0.1, 0.15) is 0 Å². The van der Waals surface area contributed by atoms with Gasteiger partial charge < -0.3 is 29.5 Å². The first-order valence-corrected chi connectivity index (χ1v) is 8.50. The minimum Gasteiger partial charge on any atom is -0.368 e. The molecule has 0 aliphatic rings. The zero-order valence-corrected chi connectivity index (χ0v) is 15.8. The van der Waals surface area contributed by atoms with E-state index in [0.29, 0.717) is 0 Å². The van der Waals surface area contributed by atoms with E-state index in [0.717, 1.165) is 0 Å². The summed E-state index contributed by atoms with van der Waals surface area (Å²) < 4.78 is 29.0. The molecule has 0 fully saturated rings. The lowest BCUT2D eigenvalue weighted by atomic mass is 10.7. The highest BCUT2D eigenvalue weighted by Gasteiger charge is 2.24. The molecule has 0 aromatic carbocycles. The molecule has 0 saturated heterocycles. The lowest BCUT2D eigenvalue weighted by Crippen LogP contribution is -2.22. The summed E-state index contributed by atoms with van der Waals surface area (Å²) in [5, 5.41) is 27.2. The molecule has 0 heterocycles. The number of rotatable bonds is 15. The maximum Gasteiger partial charge on any atom is 0.421 e. The third-order valence-corrected chi connectivity index (χ3v) is 2.51. The fraction of sp³-hybridized carbons (Fsp3) is 1.00. The van der Waals surface area contributed by atoms with Crippen molar-refractivity contribution in [3.8, 4) is 0 Å². The molecule has 12 nitrogen and oxygen atoms in total. The molecule has 0 aliphatic heterocycles. The van der Waals surface area contributed by atoms with E-state index in [4.69, 9.17) is 58.2 Å². The Balaban J connectivity index is 4.38. The van der Waals surface area contributed by atoms with Gasteiger partial charge in [-0.3, -0.25) is 0 Å². The normalized spacial score (nSPS) is 20.5. The Kier molecular flexibility index (Phi) is 14.0. The molecule has 0 spiro atoms. The second kappa shape index (κ2) is 14.1. The van der Waals surface area contributed by atoms with Crippen LogP contribution in [0.15, 0.2) is 0 Å². The second-order valence-corrected chi connectivity index (χ2v) is 5.54. The lowest BCUT2D eigenvalue weighted by molar-refractivity contribution is -0.403. The minimum atomic E-state index is -2.38. The van der Waals surface area contributed by atoms with E-state index >= 15 is 0 Å². The molecule has 0 bridgehead atoms. The Morgan fingerprint density at radius 3 is 0.960 bits per heavy atom. The average molecular weight is 394 g/mol. The van der Waals surface area contributed by atoms with Crippen molar-refractivity contribution in [1.82, 2.24) is 0 Å². The fourth-order valence-corrected chi connectivity index (χ4v) is 1.87. The van der Waals surface area contributed by atoms with Crippen LogP contribution in [0, 0.1) is 0 Å². The summed E-state index contributed by atoms with van der Waals surface area (Å²) in [6.45, 7) is 8.48. The molecular formula is C12H27O12P. The quantitative estimate of drug-likeness (QED) is 0.159. The van der Waals surface area contributed by atoms with Gasteiger partial charge in [0.2, 0.25) is 0 Å². The van der Waals surface area contributed by atoms with Crippen molar-refractivity contribution >= 4 is 8.60 Å². The molecule has 0 aromatic heterocycles. The fourth-order valence-electron chi connectivity index (χ4n) is 1.22. The Labute approximate surface area is 147 Å². The first-order valence-electron chi connectivity index (χ1n) is 7.41. The summed E-state index contributed by atoms with van der Waals surface area (Å²) in [6, 6.07) is 0. The van der Waals surface area contributed by atoms with Crippen LogP contribution in [0.1, 0.15) is 41.5 Å². The average Bonchev–Trinajstić information content (AvgIpc) is 2.44. The molecule has 0 aromatic rings. The van der Waals surface area contributed by atoms with Gasteiger partial charge in [0.05, 0.1) is 0 Å². The van der Waals surface area contributed by atoms with Crippen molar-refractivity contribution in [1.29, 1.82) is 0 Å². The number of aliphatic hydroxyl groups excluding tert-OH is 3. The molecular weight excluding hydrogens is 367 g/mol. The van der Waals surface area contributed by atoms with E-state index < -0.39 is 46.3 Å². The van der Waals surface area contributed by atoms with Crippen molar-refractivity contribution in [3.05, 3.63) is 0 Å². The van der Waals surface area contributed by atoms with Gasteiger partial charge in [-0.2, -0.15) is 14.7 Å². The van der Waals surface area contributed by atoms with Gasteiger partial charge in [0.15, 0.2) is 37.7 Å². The number of aliphatic hydroxyl groups is 3. The standard InChI is InChI=1S/C12H27O12P/c1-7(13)16-10(4)19-22-25(23-20-11(5)17-8(2)14)24-21-12(6)18-9(3)15/h7-15H,1-6H3. The summed E-state index contributed by atoms with van der Waals surface area (Å²) in [7, 11) is -2.38. The predicted molar refractivity (Wildman–Crippen MR) is 80.1 cm³/mol. The monoisotopic (exact) mass is 394 g/mol. The first kappa shape index (κ1) is 24.9. The third kappa shape index (κ3) is 15.9. The number of hydrogen-bond acceptors (Lipinski definition) is 12. The van der Waals surface area contributed by atoms with Crippen LogP contribution in [0.3, 0.4) is 0 Å². The van der Waals surface area contributed by atoms with Crippen molar-refractivity contribution in [2.24, 2.45) is 0 Å².